The number of anilines is 1. The van der Waals surface area contributed by atoms with Crippen molar-refractivity contribution in [3.63, 3.8) is 0 Å². The average molecular weight is 282 g/mol. The summed E-state index contributed by atoms with van der Waals surface area (Å²) in [5, 5.41) is 4.21. The summed E-state index contributed by atoms with van der Waals surface area (Å²) in [7, 11) is 0. The SMILES string of the molecule is CCOC(=O)c1nc(NCC2CCCC2C)sc1C. The van der Waals surface area contributed by atoms with Crippen molar-refractivity contribution in [2.75, 3.05) is 18.5 Å². The highest BCUT2D eigenvalue weighted by molar-refractivity contribution is 7.15. The van der Waals surface area contributed by atoms with Gasteiger partial charge in [0.1, 0.15) is 0 Å². The van der Waals surface area contributed by atoms with Gasteiger partial charge in [-0.15, -0.1) is 11.3 Å². The zero-order chi connectivity index (χ0) is 13.8. The number of esters is 1. The van der Waals surface area contributed by atoms with Gasteiger partial charge in [0.05, 0.1) is 6.61 Å². The topological polar surface area (TPSA) is 51.2 Å². The van der Waals surface area contributed by atoms with Crippen LogP contribution in [0.15, 0.2) is 0 Å². The van der Waals surface area contributed by atoms with E-state index in [1.54, 1.807) is 6.92 Å². The number of hydrogen-bond donors (Lipinski definition) is 1. The fourth-order valence-corrected chi connectivity index (χ4v) is 3.41. The highest BCUT2D eigenvalue weighted by Crippen LogP contribution is 2.32. The van der Waals surface area contributed by atoms with Gasteiger partial charge < -0.3 is 10.1 Å². The second-order valence-electron chi connectivity index (χ2n) is 5.19. The van der Waals surface area contributed by atoms with E-state index in [-0.39, 0.29) is 5.97 Å². The van der Waals surface area contributed by atoms with Gasteiger partial charge in [-0.05, 0) is 32.1 Å². The molecule has 0 saturated heterocycles. The van der Waals surface area contributed by atoms with E-state index in [9.17, 15) is 4.79 Å². The molecule has 1 aromatic heterocycles. The summed E-state index contributed by atoms with van der Waals surface area (Å²) in [5.74, 6) is 1.20. The van der Waals surface area contributed by atoms with Gasteiger partial charge in [-0.3, -0.25) is 0 Å². The van der Waals surface area contributed by atoms with E-state index in [0.717, 1.165) is 28.4 Å². The molecule has 2 unspecified atom stereocenters. The lowest BCUT2D eigenvalue weighted by Crippen LogP contribution is -2.16. The number of ether oxygens (including phenoxy) is 1. The molecular formula is C14H22N2O2S. The van der Waals surface area contributed by atoms with Gasteiger partial charge in [0, 0.05) is 11.4 Å². The predicted molar refractivity (Wildman–Crippen MR) is 77.8 cm³/mol. The molecular weight excluding hydrogens is 260 g/mol. The Balaban J connectivity index is 1.94. The number of aromatic nitrogens is 1. The number of aryl methyl sites for hydroxylation is 1. The molecule has 2 atom stereocenters. The van der Waals surface area contributed by atoms with Crippen LogP contribution in [-0.4, -0.2) is 24.1 Å². The van der Waals surface area contributed by atoms with Crippen LogP contribution in [0.3, 0.4) is 0 Å². The Labute approximate surface area is 118 Å². The molecule has 2 rings (SSSR count). The molecule has 0 radical (unpaired) electrons. The summed E-state index contributed by atoms with van der Waals surface area (Å²) in [5.41, 5.74) is 0.453. The van der Waals surface area contributed by atoms with Gasteiger partial charge in [0.25, 0.3) is 0 Å². The summed E-state index contributed by atoms with van der Waals surface area (Å²) >= 11 is 1.53. The Morgan fingerprint density at radius 3 is 2.95 bits per heavy atom. The van der Waals surface area contributed by atoms with Gasteiger partial charge in [-0.25, -0.2) is 9.78 Å². The molecule has 0 aromatic carbocycles. The van der Waals surface area contributed by atoms with E-state index >= 15 is 0 Å². The van der Waals surface area contributed by atoms with Crippen molar-refractivity contribution in [3.8, 4) is 0 Å². The second-order valence-corrected chi connectivity index (χ2v) is 6.40. The third-order valence-corrected chi connectivity index (χ3v) is 4.75. The van der Waals surface area contributed by atoms with Gasteiger partial charge in [0.2, 0.25) is 0 Å². The molecule has 106 valence electrons. The maximum absolute atomic E-state index is 11.7. The van der Waals surface area contributed by atoms with Gasteiger partial charge in [-0.2, -0.15) is 0 Å². The first-order valence-electron chi connectivity index (χ1n) is 7.00. The molecule has 0 amide bonds. The number of carbonyl (C=O) groups is 1. The van der Waals surface area contributed by atoms with Crippen LogP contribution in [0.2, 0.25) is 0 Å². The first kappa shape index (κ1) is 14.3. The number of rotatable bonds is 5. The van der Waals surface area contributed by atoms with Crippen molar-refractivity contribution < 1.29 is 9.53 Å². The molecule has 1 heterocycles. The van der Waals surface area contributed by atoms with E-state index in [0.29, 0.717) is 12.3 Å². The summed E-state index contributed by atoms with van der Waals surface area (Å²) in [6.07, 6.45) is 3.96. The molecule has 1 aromatic rings. The maximum atomic E-state index is 11.7. The van der Waals surface area contributed by atoms with Crippen LogP contribution in [-0.2, 0) is 4.74 Å². The van der Waals surface area contributed by atoms with Crippen LogP contribution in [0.25, 0.3) is 0 Å². The maximum Gasteiger partial charge on any atom is 0.358 e. The number of nitrogens with one attached hydrogen (secondary N) is 1. The summed E-state index contributed by atoms with van der Waals surface area (Å²) < 4.78 is 4.99. The number of hydrogen-bond acceptors (Lipinski definition) is 5. The molecule has 0 aliphatic heterocycles. The Hall–Kier alpha value is -1.10. The predicted octanol–water partition coefficient (Wildman–Crippen LogP) is 3.48. The van der Waals surface area contributed by atoms with Gasteiger partial charge >= 0.3 is 5.97 Å². The minimum Gasteiger partial charge on any atom is -0.461 e. The van der Waals surface area contributed by atoms with Gasteiger partial charge in [0.15, 0.2) is 10.8 Å². The fraction of sp³-hybridized carbons (Fsp3) is 0.714. The molecule has 5 heteroatoms. The molecule has 1 saturated carbocycles. The molecule has 1 aliphatic rings. The van der Waals surface area contributed by atoms with Crippen molar-refractivity contribution in [2.45, 2.75) is 40.0 Å². The van der Waals surface area contributed by atoms with E-state index in [1.165, 1.54) is 30.6 Å². The normalized spacial score (nSPS) is 22.5. The summed E-state index contributed by atoms with van der Waals surface area (Å²) in [6, 6.07) is 0. The quantitative estimate of drug-likeness (QED) is 0.840. The minimum absolute atomic E-state index is 0.321. The third-order valence-electron chi connectivity index (χ3n) is 3.82. The fourth-order valence-electron chi connectivity index (χ4n) is 2.60. The van der Waals surface area contributed by atoms with Crippen molar-refractivity contribution in [2.24, 2.45) is 11.8 Å². The van der Waals surface area contributed by atoms with Gasteiger partial charge in [-0.1, -0.05) is 19.8 Å². The zero-order valence-electron chi connectivity index (χ0n) is 11.9. The Kier molecular flexibility index (Phi) is 4.80. The smallest absolute Gasteiger partial charge is 0.358 e. The highest BCUT2D eigenvalue weighted by Gasteiger charge is 2.23. The second kappa shape index (κ2) is 6.37. The minimum atomic E-state index is -0.321. The standard InChI is InChI=1S/C14H22N2O2S/c1-4-18-13(17)12-10(3)19-14(16-12)15-8-11-7-5-6-9(11)2/h9,11H,4-8H2,1-3H3,(H,15,16). The molecule has 1 N–H and O–H groups in total. The lowest BCUT2D eigenvalue weighted by Gasteiger charge is -2.15. The molecule has 0 bridgehead atoms. The monoisotopic (exact) mass is 282 g/mol. The third kappa shape index (κ3) is 3.47. The molecule has 19 heavy (non-hydrogen) atoms. The van der Waals surface area contributed by atoms with E-state index in [1.807, 2.05) is 6.92 Å². The van der Waals surface area contributed by atoms with Crippen molar-refractivity contribution in [3.05, 3.63) is 10.6 Å². The van der Waals surface area contributed by atoms with Crippen LogP contribution < -0.4 is 5.32 Å². The van der Waals surface area contributed by atoms with E-state index < -0.39 is 0 Å². The molecule has 1 fully saturated rings. The Morgan fingerprint density at radius 2 is 2.32 bits per heavy atom. The zero-order valence-corrected chi connectivity index (χ0v) is 12.7. The first-order chi connectivity index (χ1) is 9.11. The van der Waals surface area contributed by atoms with E-state index in [2.05, 4.69) is 17.2 Å². The van der Waals surface area contributed by atoms with Crippen LogP contribution in [0, 0.1) is 18.8 Å². The lowest BCUT2D eigenvalue weighted by molar-refractivity contribution is 0.0519. The van der Waals surface area contributed by atoms with E-state index in [4.69, 9.17) is 4.74 Å². The summed E-state index contributed by atoms with van der Waals surface area (Å²) in [4.78, 5) is 16.9. The van der Waals surface area contributed by atoms with Crippen LogP contribution >= 0.6 is 11.3 Å². The van der Waals surface area contributed by atoms with Crippen LogP contribution in [0.5, 0.6) is 0 Å². The van der Waals surface area contributed by atoms with Crippen molar-refractivity contribution in [1.82, 2.24) is 4.98 Å². The first-order valence-corrected chi connectivity index (χ1v) is 7.81. The van der Waals surface area contributed by atoms with Crippen LogP contribution in [0.4, 0.5) is 5.13 Å². The Morgan fingerprint density at radius 1 is 1.53 bits per heavy atom. The number of thiazole rings is 1. The number of carbonyl (C=O) groups excluding carboxylic acids is 1. The molecule has 4 nitrogen and oxygen atoms in total. The highest BCUT2D eigenvalue weighted by atomic mass is 32.1. The molecule has 1 aliphatic carbocycles. The molecule has 0 spiro atoms. The number of nitrogens with zero attached hydrogens (tertiary/aromatic N) is 1. The summed E-state index contributed by atoms with van der Waals surface area (Å²) in [6.45, 7) is 7.37. The lowest BCUT2D eigenvalue weighted by atomic mass is 9.98. The Bertz CT molecular complexity index is 445. The van der Waals surface area contributed by atoms with Crippen molar-refractivity contribution in [1.29, 1.82) is 0 Å². The largest absolute Gasteiger partial charge is 0.461 e. The van der Waals surface area contributed by atoms with Crippen molar-refractivity contribution >= 4 is 22.4 Å². The average Bonchev–Trinajstić information content (AvgIpc) is 2.93. The van der Waals surface area contributed by atoms with Crippen LogP contribution in [0.1, 0.15) is 48.5 Å².